The fourth-order valence-corrected chi connectivity index (χ4v) is 3.69. The topological polar surface area (TPSA) is 50.8 Å². The Morgan fingerprint density at radius 3 is 2.29 bits per heavy atom. The fraction of sp³-hybridized carbons (Fsp3) is 0.240. The molecule has 0 fully saturated rings. The number of hydrogen-bond donors (Lipinski definition) is 1. The van der Waals surface area contributed by atoms with Gasteiger partial charge in [-0.3, -0.25) is 4.79 Å². The lowest BCUT2D eigenvalue weighted by Gasteiger charge is -2.23. The van der Waals surface area contributed by atoms with E-state index >= 15 is 0 Å². The van der Waals surface area contributed by atoms with Gasteiger partial charge in [-0.15, -0.1) is 12.4 Å². The van der Waals surface area contributed by atoms with Gasteiger partial charge in [0.1, 0.15) is 6.04 Å². The van der Waals surface area contributed by atoms with Gasteiger partial charge < -0.3 is 19.7 Å². The van der Waals surface area contributed by atoms with Crippen molar-refractivity contribution >= 4 is 29.6 Å². The first-order chi connectivity index (χ1) is 14.7. The summed E-state index contributed by atoms with van der Waals surface area (Å²) in [6, 6.07) is 22.7. The van der Waals surface area contributed by atoms with Crippen LogP contribution in [0.1, 0.15) is 35.8 Å². The Morgan fingerprint density at radius 1 is 0.935 bits per heavy atom. The third-order valence-electron chi connectivity index (χ3n) is 5.36. The van der Waals surface area contributed by atoms with Gasteiger partial charge in [-0.05, 0) is 55.8 Å². The number of halogens is 1. The Hall–Kier alpha value is -3.18. The van der Waals surface area contributed by atoms with Crippen LogP contribution in [0.2, 0.25) is 0 Å². The van der Waals surface area contributed by atoms with Crippen LogP contribution in [-0.2, 0) is 0 Å². The summed E-state index contributed by atoms with van der Waals surface area (Å²) in [5.74, 6) is 1.37. The van der Waals surface area contributed by atoms with Crippen LogP contribution < -0.4 is 19.7 Å². The Labute approximate surface area is 189 Å². The summed E-state index contributed by atoms with van der Waals surface area (Å²) in [4.78, 5) is 15.7. The van der Waals surface area contributed by atoms with Gasteiger partial charge in [0.15, 0.2) is 17.3 Å². The lowest BCUT2D eigenvalue weighted by atomic mass is 9.96. The van der Waals surface area contributed by atoms with E-state index < -0.39 is 6.04 Å². The number of anilines is 2. The van der Waals surface area contributed by atoms with E-state index in [0.717, 1.165) is 24.3 Å². The molecule has 0 bridgehead atoms. The number of nitrogens with one attached hydrogen (secondary N) is 1. The molecule has 0 aliphatic carbocycles. The number of benzene rings is 3. The number of ether oxygens (including phenoxy) is 2. The molecule has 5 nitrogen and oxygen atoms in total. The lowest BCUT2D eigenvalue weighted by molar-refractivity contribution is 0.0969. The first-order valence-corrected chi connectivity index (χ1v) is 10.3. The predicted molar refractivity (Wildman–Crippen MR) is 127 cm³/mol. The van der Waals surface area contributed by atoms with Gasteiger partial charge in [-0.25, -0.2) is 0 Å². The monoisotopic (exact) mass is 438 g/mol. The first kappa shape index (κ1) is 22.5. The number of carbonyl (C=O) groups is 1. The molecule has 162 valence electrons. The van der Waals surface area contributed by atoms with E-state index in [2.05, 4.69) is 36.2 Å². The summed E-state index contributed by atoms with van der Waals surface area (Å²) in [6.45, 7) is 6.40. The highest BCUT2D eigenvalue weighted by Crippen LogP contribution is 2.36. The molecule has 1 unspecified atom stereocenters. The van der Waals surface area contributed by atoms with E-state index in [1.807, 2.05) is 60.7 Å². The first-order valence-electron chi connectivity index (χ1n) is 10.3. The molecule has 4 rings (SSSR count). The second-order valence-electron chi connectivity index (χ2n) is 7.14. The molecule has 0 spiro atoms. The Bertz CT molecular complexity index is 1010. The zero-order valence-electron chi connectivity index (χ0n) is 17.7. The summed E-state index contributed by atoms with van der Waals surface area (Å²) in [5, 5.41) is 3.42. The molecule has 0 amide bonds. The summed E-state index contributed by atoms with van der Waals surface area (Å²) in [6.07, 6.45) is 0. The van der Waals surface area contributed by atoms with Crippen molar-refractivity contribution in [2.75, 3.05) is 30.1 Å². The largest absolute Gasteiger partial charge is 0.454 e. The van der Waals surface area contributed by atoms with E-state index in [-0.39, 0.29) is 25.0 Å². The van der Waals surface area contributed by atoms with Crippen molar-refractivity contribution < 1.29 is 14.3 Å². The summed E-state index contributed by atoms with van der Waals surface area (Å²) < 4.78 is 10.9. The minimum Gasteiger partial charge on any atom is -0.454 e. The fourth-order valence-electron chi connectivity index (χ4n) is 3.69. The van der Waals surface area contributed by atoms with Crippen LogP contribution >= 0.6 is 12.4 Å². The van der Waals surface area contributed by atoms with Crippen LogP contribution in [0.25, 0.3) is 0 Å². The Balaban J connectivity index is 0.00000272. The molecule has 1 heterocycles. The molecule has 3 aromatic carbocycles. The van der Waals surface area contributed by atoms with Gasteiger partial charge in [0.25, 0.3) is 0 Å². The summed E-state index contributed by atoms with van der Waals surface area (Å²) in [7, 11) is 0. The van der Waals surface area contributed by atoms with E-state index in [0.29, 0.717) is 17.1 Å². The molecule has 3 aromatic rings. The normalized spacial score (nSPS) is 12.6. The third-order valence-corrected chi connectivity index (χ3v) is 5.36. The average molecular weight is 439 g/mol. The maximum atomic E-state index is 13.4. The molecule has 6 heteroatoms. The van der Waals surface area contributed by atoms with Gasteiger partial charge in [-0.1, -0.05) is 36.4 Å². The second kappa shape index (κ2) is 10.2. The third kappa shape index (κ3) is 4.94. The van der Waals surface area contributed by atoms with E-state index in [1.54, 1.807) is 0 Å². The summed E-state index contributed by atoms with van der Waals surface area (Å²) >= 11 is 0. The molecular weight excluding hydrogens is 412 g/mol. The zero-order chi connectivity index (χ0) is 20.9. The van der Waals surface area contributed by atoms with Crippen molar-refractivity contribution in [2.45, 2.75) is 19.9 Å². The van der Waals surface area contributed by atoms with E-state index in [9.17, 15) is 4.79 Å². The molecule has 0 radical (unpaired) electrons. The molecule has 0 aromatic heterocycles. The highest BCUT2D eigenvalue weighted by molar-refractivity contribution is 6.02. The molecule has 1 N–H and O–H groups in total. The number of rotatable bonds is 8. The Morgan fingerprint density at radius 2 is 1.61 bits per heavy atom. The van der Waals surface area contributed by atoms with Crippen LogP contribution in [0.4, 0.5) is 11.4 Å². The van der Waals surface area contributed by atoms with Crippen molar-refractivity contribution in [3.63, 3.8) is 0 Å². The number of carbonyl (C=O) groups excluding carboxylic acids is 1. The number of nitrogens with zero attached hydrogens (tertiary/aromatic N) is 1. The lowest BCUT2D eigenvalue weighted by Crippen LogP contribution is -2.22. The van der Waals surface area contributed by atoms with Gasteiger partial charge >= 0.3 is 0 Å². The number of fused-ring (bicyclic) bond motifs is 1. The molecular formula is C25H27ClN2O3. The van der Waals surface area contributed by atoms with Gasteiger partial charge in [0.05, 0.1) is 0 Å². The van der Waals surface area contributed by atoms with Crippen molar-refractivity contribution in [1.82, 2.24) is 0 Å². The second-order valence-corrected chi connectivity index (χ2v) is 7.14. The number of ketones is 1. The maximum Gasteiger partial charge on any atom is 0.231 e. The highest BCUT2D eigenvalue weighted by atomic mass is 35.5. The van der Waals surface area contributed by atoms with Crippen LogP contribution in [-0.4, -0.2) is 25.7 Å². The minimum atomic E-state index is -0.541. The molecule has 0 saturated carbocycles. The molecule has 1 atom stereocenters. The Kier molecular flexibility index (Phi) is 7.42. The SMILES string of the molecule is CCN(CC)c1ccc(NC(C(=O)c2ccccc2)c2ccc3c(c2)OCO3)cc1.Cl. The molecule has 0 saturated heterocycles. The van der Waals surface area contributed by atoms with Gasteiger partial charge in [0.2, 0.25) is 6.79 Å². The van der Waals surface area contributed by atoms with Crippen LogP contribution in [0, 0.1) is 0 Å². The quantitative estimate of drug-likeness (QED) is 0.456. The van der Waals surface area contributed by atoms with Gasteiger partial charge in [-0.2, -0.15) is 0 Å². The van der Waals surface area contributed by atoms with Crippen LogP contribution in [0.5, 0.6) is 11.5 Å². The zero-order valence-corrected chi connectivity index (χ0v) is 18.5. The van der Waals surface area contributed by atoms with Crippen molar-refractivity contribution in [3.05, 3.63) is 83.9 Å². The standard InChI is InChI=1S/C25H26N2O3.ClH/c1-3-27(4-2)21-13-11-20(12-14-21)26-24(25(28)18-8-6-5-7-9-18)19-10-15-22-23(16-19)30-17-29-22;/h5-16,24,26H,3-4,17H2,1-2H3;1H. The van der Waals surface area contributed by atoms with E-state index in [4.69, 9.17) is 9.47 Å². The maximum absolute atomic E-state index is 13.4. The molecule has 31 heavy (non-hydrogen) atoms. The van der Waals surface area contributed by atoms with Crippen molar-refractivity contribution in [2.24, 2.45) is 0 Å². The minimum absolute atomic E-state index is 0. The average Bonchev–Trinajstić information content (AvgIpc) is 3.27. The van der Waals surface area contributed by atoms with Crippen molar-refractivity contribution in [3.8, 4) is 11.5 Å². The molecule has 1 aliphatic rings. The summed E-state index contributed by atoms with van der Waals surface area (Å²) in [5.41, 5.74) is 3.55. The molecule has 1 aliphatic heterocycles. The number of hydrogen-bond acceptors (Lipinski definition) is 5. The van der Waals surface area contributed by atoms with Gasteiger partial charge in [0, 0.05) is 30.0 Å². The highest BCUT2D eigenvalue weighted by Gasteiger charge is 2.25. The number of Topliss-reactive ketones (excluding diaryl/α,β-unsaturated/α-hetero) is 1. The van der Waals surface area contributed by atoms with Crippen LogP contribution in [0.3, 0.4) is 0 Å². The van der Waals surface area contributed by atoms with E-state index in [1.165, 1.54) is 5.69 Å². The van der Waals surface area contributed by atoms with Crippen molar-refractivity contribution in [1.29, 1.82) is 0 Å². The predicted octanol–water partition coefficient (Wildman–Crippen LogP) is 5.72. The van der Waals surface area contributed by atoms with Crippen LogP contribution in [0.15, 0.2) is 72.8 Å². The smallest absolute Gasteiger partial charge is 0.231 e.